The van der Waals surface area contributed by atoms with E-state index in [4.69, 9.17) is 9.47 Å². The molecule has 1 aliphatic rings. The number of aliphatic imine (C=N–C) groups is 1. The Morgan fingerprint density at radius 2 is 1.93 bits per heavy atom. The first-order valence-corrected chi connectivity index (χ1v) is 10.0. The summed E-state index contributed by atoms with van der Waals surface area (Å²) in [5.41, 5.74) is 1.15. The molecule has 1 unspecified atom stereocenters. The van der Waals surface area contributed by atoms with E-state index in [0.717, 1.165) is 49.5 Å². The molecular formula is C21H35IN4O3. The largest absolute Gasteiger partial charge is 0.493 e. The quantitative estimate of drug-likeness (QED) is 0.315. The van der Waals surface area contributed by atoms with Gasteiger partial charge in [-0.3, -0.25) is 9.79 Å². The van der Waals surface area contributed by atoms with Crippen molar-refractivity contribution in [2.45, 2.75) is 32.6 Å². The van der Waals surface area contributed by atoms with Gasteiger partial charge in [0.05, 0.1) is 14.2 Å². The second-order valence-corrected chi connectivity index (χ2v) is 7.20. The van der Waals surface area contributed by atoms with Crippen molar-refractivity contribution in [3.8, 4) is 11.5 Å². The van der Waals surface area contributed by atoms with Crippen LogP contribution in [0.15, 0.2) is 23.2 Å². The molecule has 1 fully saturated rings. The second kappa shape index (κ2) is 13.5. The van der Waals surface area contributed by atoms with Crippen LogP contribution in [0.5, 0.6) is 11.5 Å². The number of ether oxygens (including phenoxy) is 2. The molecule has 7 nitrogen and oxygen atoms in total. The molecule has 0 aliphatic carbocycles. The van der Waals surface area contributed by atoms with E-state index < -0.39 is 0 Å². The van der Waals surface area contributed by atoms with E-state index in [-0.39, 0.29) is 29.9 Å². The zero-order valence-corrected chi connectivity index (χ0v) is 20.3. The lowest BCUT2D eigenvalue weighted by molar-refractivity contribution is -0.132. The van der Waals surface area contributed by atoms with Gasteiger partial charge >= 0.3 is 0 Å². The highest BCUT2D eigenvalue weighted by atomic mass is 127. The molecule has 1 aliphatic heterocycles. The zero-order valence-electron chi connectivity index (χ0n) is 18.0. The summed E-state index contributed by atoms with van der Waals surface area (Å²) in [7, 11) is 5.00. The number of hydrogen-bond acceptors (Lipinski definition) is 4. The number of rotatable bonds is 8. The van der Waals surface area contributed by atoms with Gasteiger partial charge in [0.1, 0.15) is 0 Å². The Labute approximate surface area is 191 Å². The molecule has 0 saturated carbocycles. The van der Waals surface area contributed by atoms with Crippen LogP contribution in [-0.4, -0.2) is 64.2 Å². The van der Waals surface area contributed by atoms with Crippen LogP contribution in [-0.2, 0) is 11.2 Å². The van der Waals surface area contributed by atoms with Gasteiger partial charge < -0.3 is 25.0 Å². The second-order valence-electron chi connectivity index (χ2n) is 7.20. The minimum atomic E-state index is 0. The van der Waals surface area contributed by atoms with Gasteiger partial charge in [-0.1, -0.05) is 13.0 Å². The molecule has 1 amide bonds. The molecule has 29 heavy (non-hydrogen) atoms. The third-order valence-electron chi connectivity index (χ3n) is 5.02. The Balaban J connectivity index is 0.00000420. The number of guanidine groups is 1. The van der Waals surface area contributed by atoms with Gasteiger partial charge in [-0.15, -0.1) is 24.0 Å². The summed E-state index contributed by atoms with van der Waals surface area (Å²) in [6, 6.07) is 5.92. The minimum Gasteiger partial charge on any atom is -0.493 e. The van der Waals surface area contributed by atoms with Gasteiger partial charge in [-0.05, 0) is 42.9 Å². The fourth-order valence-electron chi connectivity index (χ4n) is 3.44. The number of piperidine rings is 1. The average molecular weight is 518 g/mol. The van der Waals surface area contributed by atoms with E-state index in [1.807, 2.05) is 23.1 Å². The lowest BCUT2D eigenvalue weighted by atomic mass is 10.00. The monoisotopic (exact) mass is 518 g/mol. The number of methoxy groups -OCH3 is 2. The fraction of sp³-hybridized carbons (Fsp3) is 0.619. The summed E-state index contributed by atoms with van der Waals surface area (Å²) in [6.07, 6.45) is 3.65. The van der Waals surface area contributed by atoms with Gasteiger partial charge in [0.2, 0.25) is 5.91 Å². The molecule has 1 saturated heterocycles. The fourth-order valence-corrected chi connectivity index (χ4v) is 3.44. The third-order valence-corrected chi connectivity index (χ3v) is 5.02. The number of halogens is 1. The van der Waals surface area contributed by atoms with Crippen molar-refractivity contribution in [2.75, 3.05) is 47.4 Å². The van der Waals surface area contributed by atoms with Crippen LogP contribution < -0.4 is 20.1 Å². The highest BCUT2D eigenvalue weighted by Crippen LogP contribution is 2.27. The minimum absolute atomic E-state index is 0. The van der Waals surface area contributed by atoms with Crippen molar-refractivity contribution in [2.24, 2.45) is 10.9 Å². The van der Waals surface area contributed by atoms with Gasteiger partial charge in [0, 0.05) is 39.6 Å². The Bertz CT molecular complexity index is 669. The first kappa shape index (κ1) is 25.3. The van der Waals surface area contributed by atoms with Crippen molar-refractivity contribution in [3.05, 3.63) is 23.8 Å². The van der Waals surface area contributed by atoms with Crippen LogP contribution in [0.1, 0.15) is 31.7 Å². The number of amides is 1. The summed E-state index contributed by atoms with van der Waals surface area (Å²) in [5.74, 6) is 2.99. The van der Waals surface area contributed by atoms with Crippen LogP contribution in [0.25, 0.3) is 0 Å². The van der Waals surface area contributed by atoms with Gasteiger partial charge in [0.25, 0.3) is 0 Å². The van der Waals surface area contributed by atoms with Crippen LogP contribution >= 0.6 is 24.0 Å². The van der Waals surface area contributed by atoms with Crippen LogP contribution in [0.3, 0.4) is 0 Å². The number of nitrogens with zero attached hydrogens (tertiary/aromatic N) is 2. The molecule has 1 heterocycles. The summed E-state index contributed by atoms with van der Waals surface area (Å²) >= 11 is 0. The van der Waals surface area contributed by atoms with Crippen molar-refractivity contribution >= 4 is 35.8 Å². The van der Waals surface area contributed by atoms with Crippen LogP contribution in [0, 0.1) is 5.92 Å². The Morgan fingerprint density at radius 1 is 1.21 bits per heavy atom. The number of benzene rings is 1. The van der Waals surface area contributed by atoms with E-state index >= 15 is 0 Å². The van der Waals surface area contributed by atoms with Crippen LogP contribution in [0.2, 0.25) is 0 Å². The van der Waals surface area contributed by atoms with Gasteiger partial charge in [-0.2, -0.15) is 0 Å². The van der Waals surface area contributed by atoms with Crippen molar-refractivity contribution in [1.82, 2.24) is 15.5 Å². The summed E-state index contributed by atoms with van der Waals surface area (Å²) in [4.78, 5) is 18.5. The number of likely N-dealkylation sites (tertiary alicyclic amines) is 1. The molecule has 8 heteroatoms. The molecule has 1 aromatic carbocycles. The molecule has 0 spiro atoms. The number of carbonyl (C=O) groups is 1. The number of hydrogen-bond donors (Lipinski definition) is 2. The van der Waals surface area contributed by atoms with E-state index in [2.05, 4.69) is 22.5 Å². The van der Waals surface area contributed by atoms with E-state index in [0.29, 0.717) is 24.8 Å². The summed E-state index contributed by atoms with van der Waals surface area (Å²) in [5, 5.41) is 6.51. The van der Waals surface area contributed by atoms with Crippen molar-refractivity contribution < 1.29 is 14.3 Å². The number of nitrogens with one attached hydrogen (secondary N) is 2. The predicted molar refractivity (Wildman–Crippen MR) is 128 cm³/mol. The summed E-state index contributed by atoms with van der Waals surface area (Å²) < 4.78 is 10.6. The van der Waals surface area contributed by atoms with Crippen molar-refractivity contribution in [3.63, 3.8) is 0 Å². The van der Waals surface area contributed by atoms with E-state index in [1.54, 1.807) is 21.3 Å². The zero-order chi connectivity index (χ0) is 20.4. The topological polar surface area (TPSA) is 75.2 Å². The smallest absolute Gasteiger partial charge is 0.224 e. The highest BCUT2D eigenvalue weighted by molar-refractivity contribution is 14.0. The highest BCUT2D eigenvalue weighted by Gasteiger charge is 2.20. The standard InChI is InChI=1S/C21H34N4O3.HI/c1-16-6-5-13-25(15-16)20(26)10-12-24-21(22-2)23-11-9-17-7-8-18(27-3)19(14-17)28-4;/h7-8,14,16H,5-6,9-13,15H2,1-4H3,(H2,22,23,24);1H. The van der Waals surface area contributed by atoms with E-state index in [9.17, 15) is 4.79 Å². The molecule has 2 rings (SSSR count). The van der Waals surface area contributed by atoms with Gasteiger partial charge in [0.15, 0.2) is 17.5 Å². The average Bonchev–Trinajstić information content (AvgIpc) is 2.72. The lowest BCUT2D eigenvalue weighted by Gasteiger charge is -2.31. The first-order chi connectivity index (χ1) is 13.6. The lowest BCUT2D eigenvalue weighted by Crippen LogP contribution is -2.42. The SMILES string of the molecule is CN=C(NCCC(=O)N1CCCC(C)C1)NCCc1ccc(OC)c(OC)c1.I. The molecule has 1 atom stereocenters. The van der Waals surface area contributed by atoms with E-state index in [1.165, 1.54) is 6.42 Å². The molecular weight excluding hydrogens is 483 g/mol. The first-order valence-electron chi connectivity index (χ1n) is 10.0. The maximum Gasteiger partial charge on any atom is 0.224 e. The molecule has 164 valence electrons. The maximum atomic E-state index is 12.3. The normalized spacial score (nSPS) is 16.6. The Morgan fingerprint density at radius 3 is 2.59 bits per heavy atom. The predicted octanol–water partition coefficient (Wildman–Crippen LogP) is 2.68. The third kappa shape index (κ3) is 8.28. The maximum absolute atomic E-state index is 12.3. The number of carbonyl (C=O) groups excluding carboxylic acids is 1. The van der Waals surface area contributed by atoms with Gasteiger partial charge in [-0.25, -0.2) is 0 Å². The molecule has 0 bridgehead atoms. The molecule has 1 aromatic rings. The Kier molecular flexibility index (Phi) is 11.8. The van der Waals surface area contributed by atoms with Crippen LogP contribution in [0.4, 0.5) is 0 Å². The Hall–Kier alpha value is -1.71. The molecule has 0 aromatic heterocycles. The molecule has 2 N–H and O–H groups in total. The van der Waals surface area contributed by atoms with Crippen molar-refractivity contribution in [1.29, 1.82) is 0 Å². The summed E-state index contributed by atoms with van der Waals surface area (Å²) in [6.45, 7) is 5.30. The molecule has 0 radical (unpaired) electrons.